The van der Waals surface area contributed by atoms with Crippen LogP contribution in [0.4, 0.5) is 0 Å². The number of aliphatic hydroxyl groups is 1. The molecule has 0 aliphatic rings. The molecule has 0 spiro atoms. The number of ketones is 1. The number of ether oxygens (including phenoxy) is 1. The molecule has 4 nitrogen and oxygen atoms in total. The quantitative estimate of drug-likeness (QED) is 0.456. The molecule has 0 aromatic carbocycles. The van der Waals surface area contributed by atoms with E-state index in [2.05, 4.69) is 6.92 Å². The number of hydrogen-bond acceptors (Lipinski definition) is 4. The van der Waals surface area contributed by atoms with Gasteiger partial charge in [-0.25, -0.2) is 0 Å². The molecule has 0 aliphatic heterocycles. The van der Waals surface area contributed by atoms with Gasteiger partial charge in [-0.2, -0.15) is 0 Å². The number of rotatable bonds is 10. The zero-order valence-corrected chi connectivity index (χ0v) is 11.4. The maximum absolute atomic E-state index is 11.8. The SMILES string of the molecule is CCCCCCCCC(=O)C(C)(N)C(O)OC. The summed E-state index contributed by atoms with van der Waals surface area (Å²) in [6.07, 6.45) is 5.94. The monoisotopic (exact) mass is 245 g/mol. The molecule has 0 saturated carbocycles. The number of methoxy groups -OCH3 is 1. The molecular weight excluding hydrogens is 218 g/mol. The average molecular weight is 245 g/mol. The highest BCUT2D eigenvalue weighted by Gasteiger charge is 2.35. The van der Waals surface area contributed by atoms with E-state index in [1.165, 1.54) is 33.3 Å². The number of carbonyl (C=O) groups is 1. The highest BCUT2D eigenvalue weighted by atomic mass is 16.6. The summed E-state index contributed by atoms with van der Waals surface area (Å²) in [7, 11) is 1.34. The van der Waals surface area contributed by atoms with E-state index in [-0.39, 0.29) is 5.78 Å². The maximum atomic E-state index is 11.8. The molecule has 0 fully saturated rings. The molecule has 0 amide bonds. The van der Waals surface area contributed by atoms with E-state index >= 15 is 0 Å². The Morgan fingerprint density at radius 1 is 1.29 bits per heavy atom. The highest BCUT2D eigenvalue weighted by molar-refractivity contribution is 5.88. The van der Waals surface area contributed by atoms with E-state index < -0.39 is 11.8 Å². The standard InChI is InChI=1S/C13H27NO3/c1-4-5-6-7-8-9-10-11(15)13(2,14)12(16)17-3/h12,16H,4-10,14H2,1-3H3. The Morgan fingerprint density at radius 2 is 1.82 bits per heavy atom. The second kappa shape index (κ2) is 8.61. The zero-order valence-electron chi connectivity index (χ0n) is 11.4. The minimum Gasteiger partial charge on any atom is -0.366 e. The summed E-state index contributed by atoms with van der Waals surface area (Å²) < 4.78 is 4.71. The maximum Gasteiger partial charge on any atom is 0.179 e. The van der Waals surface area contributed by atoms with Crippen molar-refractivity contribution in [2.75, 3.05) is 7.11 Å². The van der Waals surface area contributed by atoms with Crippen molar-refractivity contribution in [1.29, 1.82) is 0 Å². The molecule has 102 valence electrons. The van der Waals surface area contributed by atoms with Gasteiger partial charge in [0.2, 0.25) is 0 Å². The van der Waals surface area contributed by atoms with Crippen molar-refractivity contribution >= 4 is 5.78 Å². The lowest BCUT2D eigenvalue weighted by atomic mass is 9.92. The number of Topliss-reactive ketones (excluding diaryl/α,β-unsaturated/α-hetero) is 1. The van der Waals surface area contributed by atoms with Crippen LogP contribution in [0.3, 0.4) is 0 Å². The molecule has 2 atom stereocenters. The predicted molar refractivity (Wildman–Crippen MR) is 68.6 cm³/mol. The third-order valence-corrected chi connectivity index (χ3v) is 3.09. The van der Waals surface area contributed by atoms with Crippen LogP contribution in [0.25, 0.3) is 0 Å². The van der Waals surface area contributed by atoms with Crippen LogP contribution in [0.15, 0.2) is 0 Å². The van der Waals surface area contributed by atoms with Gasteiger partial charge in [-0.1, -0.05) is 39.0 Å². The second-order valence-corrected chi connectivity index (χ2v) is 4.81. The number of unbranched alkanes of at least 4 members (excludes halogenated alkanes) is 5. The Morgan fingerprint density at radius 3 is 2.35 bits per heavy atom. The number of nitrogens with two attached hydrogens (primary N) is 1. The molecule has 0 rings (SSSR count). The topological polar surface area (TPSA) is 72.6 Å². The third kappa shape index (κ3) is 6.15. The van der Waals surface area contributed by atoms with Crippen molar-refractivity contribution in [2.24, 2.45) is 5.73 Å². The highest BCUT2D eigenvalue weighted by Crippen LogP contribution is 2.14. The molecular formula is C13H27NO3. The van der Waals surface area contributed by atoms with Crippen LogP contribution in [0, 0.1) is 0 Å². The van der Waals surface area contributed by atoms with Gasteiger partial charge in [0, 0.05) is 13.5 Å². The van der Waals surface area contributed by atoms with Crippen molar-refractivity contribution in [3.8, 4) is 0 Å². The van der Waals surface area contributed by atoms with E-state index in [9.17, 15) is 9.90 Å². The minimum atomic E-state index is -1.29. The number of aliphatic hydroxyl groups excluding tert-OH is 1. The van der Waals surface area contributed by atoms with Crippen molar-refractivity contribution in [3.05, 3.63) is 0 Å². The first-order valence-electron chi connectivity index (χ1n) is 6.49. The van der Waals surface area contributed by atoms with Gasteiger partial charge in [0.1, 0.15) is 5.54 Å². The average Bonchev–Trinajstić information content (AvgIpc) is 2.31. The van der Waals surface area contributed by atoms with Gasteiger partial charge in [-0.15, -0.1) is 0 Å². The fourth-order valence-corrected chi connectivity index (χ4v) is 1.72. The van der Waals surface area contributed by atoms with Crippen LogP contribution in [-0.4, -0.2) is 29.8 Å². The smallest absolute Gasteiger partial charge is 0.179 e. The first-order chi connectivity index (χ1) is 7.96. The summed E-state index contributed by atoms with van der Waals surface area (Å²) in [5.41, 5.74) is 4.46. The van der Waals surface area contributed by atoms with Crippen LogP contribution in [0.2, 0.25) is 0 Å². The van der Waals surface area contributed by atoms with Crippen molar-refractivity contribution in [1.82, 2.24) is 0 Å². The molecule has 0 aromatic rings. The largest absolute Gasteiger partial charge is 0.366 e. The molecule has 0 aromatic heterocycles. The fraction of sp³-hybridized carbons (Fsp3) is 0.923. The Kier molecular flexibility index (Phi) is 8.39. The normalized spacial score (nSPS) is 16.5. The lowest BCUT2D eigenvalue weighted by Gasteiger charge is -2.27. The third-order valence-electron chi connectivity index (χ3n) is 3.09. The number of carbonyl (C=O) groups excluding carboxylic acids is 1. The zero-order chi connectivity index (χ0) is 13.3. The van der Waals surface area contributed by atoms with Crippen LogP contribution in [0.5, 0.6) is 0 Å². The summed E-state index contributed by atoms with van der Waals surface area (Å²) in [5.74, 6) is -0.137. The molecule has 17 heavy (non-hydrogen) atoms. The van der Waals surface area contributed by atoms with Crippen molar-refractivity contribution in [2.45, 2.75) is 70.6 Å². The van der Waals surface area contributed by atoms with Gasteiger partial charge in [-0.3, -0.25) is 4.79 Å². The Labute approximate surface area is 105 Å². The van der Waals surface area contributed by atoms with Crippen LogP contribution < -0.4 is 5.73 Å². The predicted octanol–water partition coefficient (Wildman–Crippen LogP) is 1.99. The van der Waals surface area contributed by atoms with Gasteiger partial charge in [0.05, 0.1) is 0 Å². The molecule has 0 bridgehead atoms. The Balaban J connectivity index is 3.78. The Hall–Kier alpha value is -0.450. The van der Waals surface area contributed by atoms with E-state index in [1.54, 1.807) is 0 Å². The molecule has 0 heterocycles. The van der Waals surface area contributed by atoms with Crippen LogP contribution in [-0.2, 0) is 9.53 Å². The van der Waals surface area contributed by atoms with Crippen LogP contribution >= 0.6 is 0 Å². The fourth-order valence-electron chi connectivity index (χ4n) is 1.72. The lowest BCUT2D eigenvalue weighted by Crippen LogP contribution is -2.55. The van der Waals surface area contributed by atoms with Gasteiger partial charge in [0.25, 0.3) is 0 Å². The van der Waals surface area contributed by atoms with E-state index in [1.807, 2.05) is 0 Å². The Bertz CT molecular complexity index is 217. The molecule has 0 saturated heterocycles. The molecule has 0 aliphatic carbocycles. The summed E-state index contributed by atoms with van der Waals surface area (Å²) in [5, 5.41) is 9.46. The first kappa shape index (κ1) is 16.6. The molecule has 3 N–H and O–H groups in total. The minimum absolute atomic E-state index is 0.137. The molecule has 4 heteroatoms. The summed E-state index contributed by atoms with van der Waals surface area (Å²) in [4.78, 5) is 11.8. The van der Waals surface area contributed by atoms with Crippen LogP contribution in [0.1, 0.15) is 58.8 Å². The molecule has 2 unspecified atom stereocenters. The van der Waals surface area contributed by atoms with Crippen molar-refractivity contribution in [3.63, 3.8) is 0 Å². The van der Waals surface area contributed by atoms with Gasteiger partial charge in [0.15, 0.2) is 12.1 Å². The van der Waals surface area contributed by atoms with Gasteiger partial charge >= 0.3 is 0 Å². The van der Waals surface area contributed by atoms with E-state index in [0.717, 1.165) is 19.3 Å². The second-order valence-electron chi connectivity index (χ2n) is 4.81. The van der Waals surface area contributed by atoms with Gasteiger partial charge < -0.3 is 15.6 Å². The summed E-state index contributed by atoms with van der Waals surface area (Å²) in [6, 6.07) is 0. The summed E-state index contributed by atoms with van der Waals surface area (Å²) in [6.45, 7) is 3.69. The van der Waals surface area contributed by atoms with Crippen molar-refractivity contribution < 1.29 is 14.6 Å². The van der Waals surface area contributed by atoms with Gasteiger partial charge in [-0.05, 0) is 13.3 Å². The van der Waals surface area contributed by atoms with E-state index in [4.69, 9.17) is 10.5 Å². The summed E-state index contributed by atoms with van der Waals surface area (Å²) >= 11 is 0. The van der Waals surface area contributed by atoms with E-state index in [0.29, 0.717) is 6.42 Å². The first-order valence-corrected chi connectivity index (χ1v) is 6.49. The lowest BCUT2D eigenvalue weighted by molar-refractivity contribution is -0.150. The number of hydrogen-bond donors (Lipinski definition) is 2. The molecule has 0 radical (unpaired) electrons.